The number of thiocarbonyl (C=S) groups is 1. The lowest BCUT2D eigenvalue weighted by Gasteiger charge is -1.98. The number of rotatable bonds is 3. The number of amides is 1. The number of hydrogen-bond donors (Lipinski definition) is 1. The fourth-order valence-corrected chi connectivity index (χ4v) is 3.08. The fraction of sp³-hybridized carbons (Fsp3) is 0. The van der Waals surface area contributed by atoms with Gasteiger partial charge in [-0.15, -0.1) is 0 Å². The molecule has 1 saturated heterocycles. The summed E-state index contributed by atoms with van der Waals surface area (Å²) in [4.78, 5) is 12.3. The second kappa shape index (κ2) is 6.73. The molecule has 0 saturated carbocycles. The van der Waals surface area contributed by atoms with Gasteiger partial charge in [-0.25, -0.2) is 0 Å². The van der Waals surface area contributed by atoms with Crippen molar-refractivity contribution in [1.82, 2.24) is 5.32 Å². The van der Waals surface area contributed by atoms with E-state index in [9.17, 15) is 4.79 Å². The van der Waals surface area contributed by atoms with Crippen LogP contribution in [-0.4, -0.2) is 10.2 Å². The van der Waals surface area contributed by atoms with Crippen molar-refractivity contribution in [3.8, 4) is 0 Å². The lowest BCUT2D eigenvalue weighted by Crippen LogP contribution is -2.17. The molecule has 0 atom stereocenters. The molecule has 2 aromatic carbocycles. The first-order valence-corrected chi connectivity index (χ1v) is 8.01. The molecule has 1 aliphatic rings. The molecule has 1 N–H and O–H groups in total. The van der Waals surface area contributed by atoms with Gasteiger partial charge in [0.15, 0.2) is 0 Å². The van der Waals surface area contributed by atoms with Gasteiger partial charge in [-0.2, -0.15) is 0 Å². The van der Waals surface area contributed by atoms with Gasteiger partial charge in [0.2, 0.25) is 0 Å². The van der Waals surface area contributed by atoms with E-state index in [1.54, 1.807) is 0 Å². The number of thioether (sulfide) groups is 1. The second-order valence-electron chi connectivity index (χ2n) is 4.76. The summed E-state index contributed by atoms with van der Waals surface area (Å²) in [5.74, 6) is -0.122. The Morgan fingerprint density at radius 2 is 1.45 bits per heavy atom. The van der Waals surface area contributed by atoms with Gasteiger partial charge in [0.25, 0.3) is 5.91 Å². The zero-order valence-corrected chi connectivity index (χ0v) is 13.3. The van der Waals surface area contributed by atoms with Gasteiger partial charge in [0, 0.05) is 0 Å². The summed E-state index contributed by atoms with van der Waals surface area (Å²) in [5.41, 5.74) is 3.27. The van der Waals surface area contributed by atoms with Crippen LogP contribution in [-0.2, 0) is 4.79 Å². The smallest absolute Gasteiger partial charge is 0.263 e. The van der Waals surface area contributed by atoms with Gasteiger partial charge >= 0.3 is 0 Å². The Bertz CT molecular complexity index is 761. The SMILES string of the molecule is O=C1NC(=S)S/C1=C\c1ccc(/C=C/c2ccccc2)cc1. The zero-order valence-electron chi connectivity index (χ0n) is 11.7. The molecule has 0 aromatic heterocycles. The summed E-state index contributed by atoms with van der Waals surface area (Å²) in [6.45, 7) is 0. The van der Waals surface area contributed by atoms with Crippen molar-refractivity contribution in [2.24, 2.45) is 0 Å². The third kappa shape index (κ3) is 3.72. The van der Waals surface area contributed by atoms with Crippen LogP contribution >= 0.6 is 24.0 Å². The van der Waals surface area contributed by atoms with E-state index in [-0.39, 0.29) is 5.91 Å². The summed E-state index contributed by atoms with van der Waals surface area (Å²) in [6, 6.07) is 18.2. The minimum Gasteiger partial charge on any atom is -0.307 e. The van der Waals surface area contributed by atoms with E-state index in [0.717, 1.165) is 11.1 Å². The first-order valence-electron chi connectivity index (χ1n) is 6.79. The maximum absolute atomic E-state index is 11.6. The minimum absolute atomic E-state index is 0.122. The summed E-state index contributed by atoms with van der Waals surface area (Å²) in [5, 5.41) is 2.61. The standard InChI is InChI=1S/C18H13NOS2/c20-17-16(22-18(21)19-17)12-15-10-8-14(9-11-15)7-6-13-4-2-1-3-5-13/h1-12H,(H,19,20,21)/b7-6+,16-12-. The fourth-order valence-electron chi connectivity index (χ4n) is 2.03. The van der Waals surface area contributed by atoms with Crippen molar-refractivity contribution in [3.63, 3.8) is 0 Å². The first-order chi connectivity index (χ1) is 10.7. The molecule has 2 aromatic rings. The number of hydrogen-bond acceptors (Lipinski definition) is 3. The highest BCUT2D eigenvalue weighted by Gasteiger charge is 2.21. The molecule has 2 nitrogen and oxygen atoms in total. The van der Waals surface area contributed by atoms with Crippen molar-refractivity contribution >= 4 is 52.4 Å². The summed E-state index contributed by atoms with van der Waals surface area (Å²) >= 11 is 6.27. The van der Waals surface area contributed by atoms with Gasteiger partial charge in [-0.1, -0.05) is 90.7 Å². The van der Waals surface area contributed by atoms with Crippen molar-refractivity contribution in [2.45, 2.75) is 0 Å². The predicted octanol–water partition coefficient (Wildman–Crippen LogP) is 4.35. The van der Waals surface area contributed by atoms with Gasteiger partial charge in [0.1, 0.15) is 4.32 Å². The third-order valence-corrected chi connectivity index (χ3v) is 4.31. The van der Waals surface area contributed by atoms with Crippen LogP contribution < -0.4 is 5.32 Å². The predicted molar refractivity (Wildman–Crippen MR) is 98.1 cm³/mol. The lowest BCUT2D eigenvalue weighted by atomic mass is 10.1. The maximum atomic E-state index is 11.6. The Kier molecular flexibility index (Phi) is 4.51. The molecule has 3 rings (SSSR count). The largest absolute Gasteiger partial charge is 0.307 e. The first kappa shape index (κ1) is 14.8. The van der Waals surface area contributed by atoms with E-state index in [4.69, 9.17) is 12.2 Å². The van der Waals surface area contributed by atoms with Crippen LogP contribution in [0.4, 0.5) is 0 Å². The Morgan fingerprint density at radius 3 is 2.05 bits per heavy atom. The van der Waals surface area contributed by atoms with Crippen molar-refractivity contribution in [2.75, 3.05) is 0 Å². The molecule has 0 aliphatic carbocycles. The average molecular weight is 323 g/mol. The minimum atomic E-state index is -0.122. The van der Waals surface area contributed by atoms with Crippen LogP contribution in [0, 0.1) is 0 Å². The van der Waals surface area contributed by atoms with Crippen LogP contribution in [0.5, 0.6) is 0 Å². The van der Waals surface area contributed by atoms with Crippen LogP contribution in [0.2, 0.25) is 0 Å². The molecular weight excluding hydrogens is 310 g/mol. The quantitative estimate of drug-likeness (QED) is 0.517. The third-order valence-electron chi connectivity index (χ3n) is 3.14. The molecule has 0 bridgehead atoms. The van der Waals surface area contributed by atoms with Gasteiger partial charge in [-0.05, 0) is 22.8 Å². The van der Waals surface area contributed by atoms with Gasteiger partial charge in [0.05, 0.1) is 4.91 Å². The normalized spacial score (nSPS) is 16.5. The van der Waals surface area contributed by atoms with Gasteiger partial charge < -0.3 is 5.32 Å². The highest BCUT2D eigenvalue weighted by molar-refractivity contribution is 8.26. The Labute approximate surface area is 138 Å². The Hall–Kier alpha value is -2.17. The highest BCUT2D eigenvalue weighted by Crippen LogP contribution is 2.25. The Morgan fingerprint density at radius 1 is 0.864 bits per heavy atom. The Balaban J connectivity index is 1.73. The molecule has 4 heteroatoms. The second-order valence-corrected chi connectivity index (χ2v) is 6.48. The topological polar surface area (TPSA) is 29.1 Å². The van der Waals surface area contributed by atoms with E-state index in [2.05, 4.69) is 29.6 Å². The van der Waals surface area contributed by atoms with Crippen molar-refractivity contribution in [1.29, 1.82) is 0 Å². The summed E-state index contributed by atoms with van der Waals surface area (Å²) in [7, 11) is 0. The van der Waals surface area contributed by atoms with E-state index in [0.29, 0.717) is 9.23 Å². The molecule has 1 amide bonds. The molecule has 22 heavy (non-hydrogen) atoms. The number of carbonyl (C=O) groups is 1. The molecule has 108 valence electrons. The van der Waals surface area contributed by atoms with E-state index < -0.39 is 0 Å². The summed E-state index contributed by atoms with van der Waals surface area (Å²) in [6.07, 6.45) is 5.99. The molecule has 0 unspecified atom stereocenters. The molecule has 0 radical (unpaired) electrons. The number of benzene rings is 2. The van der Waals surface area contributed by atoms with E-state index in [1.165, 1.54) is 17.3 Å². The summed E-state index contributed by atoms with van der Waals surface area (Å²) < 4.78 is 0.513. The van der Waals surface area contributed by atoms with Crippen molar-refractivity contribution in [3.05, 3.63) is 76.2 Å². The molecular formula is C18H13NOS2. The van der Waals surface area contributed by atoms with Crippen LogP contribution in [0.1, 0.15) is 16.7 Å². The molecule has 1 heterocycles. The molecule has 0 spiro atoms. The molecule has 1 fully saturated rings. The lowest BCUT2D eigenvalue weighted by molar-refractivity contribution is -0.115. The van der Waals surface area contributed by atoms with Crippen LogP contribution in [0.3, 0.4) is 0 Å². The number of carbonyl (C=O) groups excluding carboxylic acids is 1. The molecule has 1 aliphatic heterocycles. The van der Waals surface area contributed by atoms with Gasteiger partial charge in [-0.3, -0.25) is 4.79 Å². The highest BCUT2D eigenvalue weighted by atomic mass is 32.2. The van der Waals surface area contributed by atoms with Crippen molar-refractivity contribution < 1.29 is 4.79 Å². The van der Waals surface area contributed by atoms with E-state index in [1.807, 2.05) is 48.5 Å². The van der Waals surface area contributed by atoms with Crippen LogP contribution in [0.25, 0.3) is 18.2 Å². The zero-order chi connectivity index (χ0) is 15.4. The average Bonchev–Trinajstić information content (AvgIpc) is 2.85. The number of nitrogens with one attached hydrogen (secondary N) is 1. The van der Waals surface area contributed by atoms with Crippen LogP contribution in [0.15, 0.2) is 59.5 Å². The monoisotopic (exact) mass is 323 g/mol. The van der Waals surface area contributed by atoms with E-state index >= 15 is 0 Å². The maximum Gasteiger partial charge on any atom is 0.263 e.